The molecule has 2 aliphatic heterocycles. The molecule has 3 aliphatic rings. The first-order chi connectivity index (χ1) is 7.86. The van der Waals surface area contributed by atoms with Crippen molar-refractivity contribution in [1.82, 2.24) is 10.2 Å². The lowest BCUT2D eigenvalue weighted by atomic mass is 10.1. The van der Waals surface area contributed by atoms with Gasteiger partial charge in [-0.15, -0.1) is 0 Å². The maximum atomic E-state index is 12.5. The summed E-state index contributed by atoms with van der Waals surface area (Å²) in [4.78, 5) is 14.8. The number of hydrogen-bond acceptors (Lipinski definition) is 3. The average molecular weight is 240 g/mol. The molecule has 1 saturated carbocycles. The number of nitrogens with zero attached hydrogens (tertiary/aromatic N) is 1. The highest BCUT2D eigenvalue weighted by atomic mass is 32.2. The zero-order valence-electron chi connectivity index (χ0n) is 9.65. The third-order valence-corrected chi connectivity index (χ3v) is 5.05. The number of amides is 1. The van der Waals surface area contributed by atoms with Gasteiger partial charge in [-0.1, -0.05) is 0 Å². The SMILES string of the molecule is O=C([C@@H]1CCNC1)N(C1CC1)[C@H]1CCSC1. The molecule has 0 spiro atoms. The summed E-state index contributed by atoms with van der Waals surface area (Å²) < 4.78 is 0. The topological polar surface area (TPSA) is 32.3 Å². The molecule has 2 atom stereocenters. The largest absolute Gasteiger partial charge is 0.336 e. The van der Waals surface area contributed by atoms with Crippen LogP contribution in [0, 0.1) is 5.92 Å². The van der Waals surface area contributed by atoms with Gasteiger partial charge in [-0.2, -0.15) is 11.8 Å². The molecule has 1 aliphatic carbocycles. The van der Waals surface area contributed by atoms with Crippen molar-refractivity contribution >= 4 is 17.7 Å². The van der Waals surface area contributed by atoms with E-state index in [4.69, 9.17) is 0 Å². The average Bonchev–Trinajstić information content (AvgIpc) is 2.83. The van der Waals surface area contributed by atoms with Crippen LogP contribution in [0.4, 0.5) is 0 Å². The molecule has 0 radical (unpaired) electrons. The molecule has 2 heterocycles. The summed E-state index contributed by atoms with van der Waals surface area (Å²) in [7, 11) is 0. The van der Waals surface area contributed by atoms with Crippen molar-refractivity contribution in [2.24, 2.45) is 5.92 Å². The fraction of sp³-hybridized carbons (Fsp3) is 0.917. The number of rotatable bonds is 3. The Morgan fingerprint density at radius 1 is 1.19 bits per heavy atom. The van der Waals surface area contributed by atoms with Gasteiger partial charge in [0.25, 0.3) is 0 Å². The minimum atomic E-state index is 0.270. The maximum absolute atomic E-state index is 12.5. The van der Waals surface area contributed by atoms with Crippen LogP contribution in [0.15, 0.2) is 0 Å². The second-order valence-electron chi connectivity index (χ2n) is 5.18. The van der Waals surface area contributed by atoms with Crippen molar-refractivity contribution in [3.05, 3.63) is 0 Å². The standard InChI is InChI=1S/C12H20N2OS/c15-12(9-3-5-13-7-9)14(10-1-2-10)11-4-6-16-8-11/h9-11,13H,1-8H2/t9-,11+/m1/s1. The quantitative estimate of drug-likeness (QED) is 0.801. The van der Waals surface area contributed by atoms with Crippen LogP contribution >= 0.6 is 11.8 Å². The Hall–Kier alpha value is -0.220. The minimum absolute atomic E-state index is 0.270. The number of hydrogen-bond donors (Lipinski definition) is 1. The lowest BCUT2D eigenvalue weighted by molar-refractivity contribution is -0.137. The van der Waals surface area contributed by atoms with Gasteiger partial charge in [-0.05, 0) is 38.0 Å². The fourth-order valence-corrected chi connectivity index (χ4v) is 4.03. The lowest BCUT2D eigenvalue weighted by Gasteiger charge is -2.30. The van der Waals surface area contributed by atoms with E-state index in [0.717, 1.165) is 19.5 Å². The Kier molecular flexibility index (Phi) is 3.11. The molecule has 3 fully saturated rings. The van der Waals surface area contributed by atoms with Crippen LogP contribution in [-0.4, -0.2) is 47.5 Å². The summed E-state index contributed by atoms with van der Waals surface area (Å²) in [6.45, 7) is 1.93. The summed E-state index contributed by atoms with van der Waals surface area (Å²) in [6, 6.07) is 1.14. The molecule has 0 aromatic rings. The van der Waals surface area contributed by atoms with E-state index >= 15 is 0 Å². The van der Waals surface area contributed by atoms with E-state index in [1.54, 1.807) is 0 Å². The van der Waals surface area contributed by atoms with Crippen molar-refractivity contribution in [2.75, 3.05) is 24.6 Å². The van der Waals surface area contributed by atoms with E-state index in [1.165, 1.54) is 30.8 Å². The summed E-state index contributed by atoms with van der Waals surface area (Å²) in [5, 5.41) is 3.31. The number of carbonyl (C=O) groups excluding carboxylic acids is 1. The van der Waals surface area contributed by atoms with E-state index in [1.807, 2.05) is 11.8 Å². The van der Waals surface area contributed by atoms with E-state index in [2.05, 4.69) is 10.2 Å². The molecule has 0 bridgehead atoms. The number of carbonyl (C=O) groups is 1. The van der Waals surface area contributed by atoms with Gasteiger partial charge in [-0.3, -0.25) is 4.79 Å². The van der Waals surface area contributed by atoms with Gasteiger partial charge in [0.1, 0.15) is 0 Å². The van der Waals surface area contributed by atoms with Crippen LogP contribution in [0.2, 0.25) is 0 Å². The van der Waals surface area contributed by atoms with Crippen molar-refractivity contribution in [3.8, 4) is 0 Å². The van der Waals surface area contributed by atoms with Gasteiger partial charge >= 0.3 is 0 Å². The molecule has 1 N–H and O–H groups in total. The molecule has 90 valence electrons. The normalized spacial score (nSPS) is 34.2. The lowest BCUT2D eigenvalue weighted by Crippen LogP contribution is -2.45. The van der Waals surface area contributed by atoms with Crippen LogP contribution in [0.3, 0.4) is 0 Å². The van der Waals surface area contributed by atoms with Gasteiger partial charge in [0.05, 0.1) is 5.92 Å². The summed E-state index contributed by atoms with van der Waals surface area (Å²) >= 11 is 2.01. The second kappa shape index (κ2) is 4.57. The van der Waals surface area contributed by atoms with Crippen LogP contribution < -0.4 is 5.32 Å². The van der Waals surface area contributed by atoms with Gasteiger partial charge in [0.15, 0.2) is 0 Å². The highest BCUT2D eigenvalue weighted by Gasteiger charge is 2.41. The van der Waals surface area contributed by atoms with Crippen LogP contribution in [-0.2, 0) is 4.79 Å². The monoisotopic (exact) mass is 240 g/mol. The molecular formula is C12H20N2OS. The zero-order valence-corrected chi connectivity index (χ0v) is 10.5. The first-order valence-electron chi connectivity index (χ1n) is 6.47. The van der Waals surface area contributed by atoms with E-state index in [-0.39, 0.29) is 5.92 Å². The second-order valence-corrected chi connectivity index (χ2v) is 6.33. The fourth-order valence-electron chi connectivity index (χ4n) is 2.83. The zero-order chi connectivity index (χ0) is 11.0. The van der Waals surface area contributed by atoms with Crippen molar-refractivity contribution in [1.29, 1.82) is 0 Å². The summed E-state index contributed by atoms with van der Waals surface area (Å²) in [5.74, 6) is 3.12. The summed E-state index contributed by atoms with van der Waals surface area (Å²) in [5.41, 5.74) is 0. The van der Waals surface area contributed by atoms with E-state index in [0.29, 0.717) is 18.0 Å². The molecule has 16 heavy (non-hydrogen) atoms. The first kappa shape index (κ1) is 10.9. The molecule has 0 unspecified atom stereocenters. The highest BCUT2D eigenvalue weighted by Crippen LogP contribution is 2.35. The maximum Gasteiger partial charge on any atom is 0.227 e. The van der Waals surface area contributed by atoms with Crippen molar-refractivity contribution < 1.29 is 4.79 Å². The molecule has 3 nitrogen and oxygen atoms in total. The third-order valence-electron chi connectivity index (χ3n) is 3.90. The molecule has 0 aromatic heterocycles. The van der Waals surface area contributed by atoms with Gasteiger partial charge in [0, 0.05) is 24.4 Å². The Balaban J connectivity index is 1.68. The predicted molar refractivity (Wildman–Crippen MR) is 66.6 cm³/mol. The Morgan fingerprint density at radius 2 is 2.06 bits per heavy atom. The Morgan fingerprint density at radius 3 is 2.62 bits per heavy atom. The Labute approximate surface area is 101 Å². The predicted octanol–water partition coefficient (Wildman–Crippen LogP) is 1.09. The number of nitrogens with one attached hydrogen (secondary N) is 1. The molecule has 1 amide bonds. The Bertz CT molecular complexity index is 268. The van der Waals surface area contributed by atoms with Gasteiger partial charge in [0.2, 0.25) is 5.91 Å². The van der Waals surface area contributed by atoms with Crippen molar-refractivity contribution in [3.63, 3.8) is 0 Å². The number of thioether (sulfide) groups is 1. The van der Waals surface area contributed by atoms with E-state index in [9.17, 15) is 4.79 Å². The van der Waals surface area contributed by atoms with Crippen LogP contribution in [0.1, 0.15) is 25.7 Å². The molecule has 0 aromatic carbocycles. The van der Waals surface area contributed by atoms with Crippen LogP contribution in [0.5, 0.6) is 0 Å². The third kappa shape index (κ3) is 2.09. The highest BCUT2D eigenvalue weighted by molar-refractivity contribution is 7.99. The van der Waals surface area contributed by atoms with Gasteiger partial charge < -0.3 is 10.2 Å². The molecule has 2 saturated heterocycles. The van der Waals surface area contributed by atoms with Crippen LogP contribution in [0.25, 0.3) is 0 Å². The van der Waals surface area contributed by atoms with Gasteiger partial charge in [-0.25, -0.2) is 0 Å². The first-order valence-corrected chi connectivity index (χ1v) is 7.62. The molecular weight excluding hydrogens is 220 g/mol. The molecule has 3 rings (SSSR count). The summed E-state index contributed by atoms with van der Waals surface area (Å²) in [6.07, 6.45) is 4.75. The smallest absolute Gasteiger partial charge is 0.227 e. The molecule has 4 heteroatoms. The minimum Gasteiger partial charge on any atom is -0.336 e. The van der Waals surface area contributed by atoms with E-state index < -0.39 is 0 Å². The van der Waals surface area contributed by atoms with Crippen molar-refractivity contribution in [2.45, 2.75) is 37.8 Å².